The minimum absolute atomic E-state index is 0.210. The molecule has 0 heterocycles. The number of rotatable bonds is 4. The van der Waals surface area contributed by atoms with E-state index in [1.54, 1.807) is 30.3 Å². The lowest BCUT2D eigenvalue weighted by atomic mass is 10.1. The fourth-order valence-electron chi connectivity index (χ4n) is 1.96. The SMILES string of the molecule is Cc1ccc(S(=O)(=O)Nc2cccc(C)c2Br)cc1CN. The fourth-order valence-corrected chi connectivity index (χ4v) is 3.58. The fraction of sp³-hybridized carbons (Fsp3) is 0.200. The van der Waals surface area contributed by atoms with Gasteiger partial charge in [0.15, 0.2) is 0 Å². The molecule has 2 aromatic carbocycles. The van der Waals surface area contributed by atoms with Crippen LogP contribution in [-0.4, -0.2) is 8.42 Å². The molecule has 6 heteroatoms. The van der Waals surface area contributed by atoms with E-state index in [0.717, 1.165) is 21.2 Å². The molecule has 0 amide bonds. The minimum Gasteiger partial charge on any atom is -0.326 e. The maximum atomic E-state index is 12.5. The molecule has 0 fully saturated rings. The second-order valence-electron chi connectivity index (χ2n) is 4.83. The van der Waals surface area contributed by atoms with E-state index in [1.807, 2.05) is 19.9 Å². The van der Waals surface area contributed by atoms with Crippen molar-refractivity contribution >= 4 is 31.6 Å². The van der Waals surface area contributed by atoms with Crippen molar-refractivity contribution in [1.82, 2.24) is 0 Å². The Morgan fingerprint density at radius 3 is 2.52 bits per heavy atom. The molecule has 0 unspecified atom stereocenters. The maximum absolute atomic E-state index is 12.5. The number of hydrogen-bond donors (Lipinski definition) is 2. The Balaban J connectivity index is 2.41. The van der Waals surface area contributed by atoms with Gasteiger partial charge in [-0.2, -0.15) is 0 Å². The average molecular weight is 369 g/mol. The van der Waals surface area contributed by atoms with Gasteiger partial charge in [-0.1, -0.05) is 18.2 Å². The van der Waals surface area contributed by atoms with Gasteiger partial charge in [0.1, 0.15) is 0 Å². The molecule has 0 saturated carbocycles. The van der Waals surface area contributed by atoms with Crippen molar-refractivity contribution in [2.45, 2.75) is 25.3 Å². The maximum Gasteiger partial charge on any atom is 0.261 e. The molecule has 21 heavy (non-hydrogen) atoms. The van der Waals surface area contributed by atoms with Crippen LogP contribution in [0.1, 0.15) is 16.7 Å². The smallest absolute Gasteiger partial charge is 0.261 e. The van der Waals surface area contributed by atoms with Crippen LogP contribution in [0.3, 0.4) is 0 Å². The van der Waals surface area contributed by atoms with Crippen LogP contribution in [-0.2, 0) is 16.6 Å². The number of halogens is 1. The van der Waals surface area contributed by atoms with Gasteiger partial charge in [-0.15, -0.1) is 0 Å². The molecule has 0 aromatic heterocycles. The van der Waals surface area contributed by atoms with Gasteiger partial charge in [-0.3, -0.25) is 4.72 Å². The van der Waals surface area contributed by atoms with Crippen LogP contribution < -0.4 is 10.5 Å². The number of aryl methyl sites for hydroxylation is 2. The quantitative estimate of drug-likeness (QED) is 0.869. The molecule has 0 bridgehead atoms. The zero-order valence-electron chi connectivity index (χ0n) is 11.9. The highest BCUT2D eigenvalue weighted by atomic mass is 79.9. The summed E-state index contributed by atoms with van der Waals surface area (Å²) in [6.07, 6.45) is 0. The van der Waals surface area contributed by atoms with E-state index in [4.69, 9.17) is 5.73 Å². The van der Waals surface area contributed by atoms with E-state index in [0.29, 0.717) is 12.2 Å². The average Bonchev–Trinajstić information content (AvgIpc) is 2.44. The lowest BCUT2D eigenvalue weighted by Crippen LogP contribution is -2.14. The van der Waals surface area contributed by atoms with E-state index >= 15 is 0 Å². The van der Waals surface area contributed by atoms with Crippen molar-refractivity contribution in [1.29, 1.82) is 0 Å². The predicted octanol–water partition coefficient (Wildman–Crippen LogP) is 3.33. The first-order valence-electron chi connectivity index (χ1n) is 6.42. The van der Waals surface area contributed by atoms with Crippen LogP contribution in [0.2, 0.25) is 0 Å². The van der Waals surface area contributed by atoms with Gasteiger partial charge in [-0.25, -0.2) is 8.42 Å². The van der Waals surface area contributed by atoms with Gasteiger partial charge in [-0.05, 0) is 64.7 Å². The van der Waals surface area contributed by atoms with Crippen molar-refractivity contribution in [3.63, 3.8) is 0 Å². The van der Waals surface area contributed by atoms with Gasteiger partial charge in [0.25, 0.3) is 10.0 Å². The minimum atomic E-state index is -3.64. The van der Waals surface area contributed by atoms with Gasteiger partial charge >= 0.3 is 0 Å². The van der Waals surface area contributed by atoms with Gasteiger partial charge < -0.3 is 5.73 Å². The van der Waals surface area contributed by atoms with Crippen molar-refractivity contribution < 1.29 is 8.42 Å². The van der Waals surface area contributed by atoms with Crippen molar-refractivity contribution in [2.75, 3.05) is 4.72 Å². The topological polar surface area (TPSA) is 72.2 Å². The molecule has 0 radical (unpaired) electrons. The molecular weight excluding hydrogens is 352 g/mol. The van der Waals surface area contributed by atoms with Crippen molar-refractivity contribution in [2.24, 2.45) is 5.73 Å². The number of benzene rings is 2. The lowest BCUT2D eigenvalue weighted by Gasteiger charge is -2.12. The van der Waals surface area contributed by atoms with E-state index < -0.39 is 10.0 Å². The molecule has 3 N–H and O–H groups in total. The Morgan fingerprint density at radius 2 is 1.86 bits per heavy atom. The first-order chi connectivity index (χ1) is 9.85. The summed E-state index contributed by atoms with van der Waals surface area (Å²) in [5, 5.41) is 0. The standard InChI is InChI=1S/C15H17BrN2O2S/c1-10-6-7-13(8-12(10)9-17)21(19,20)18-14-5-3-4-11(2)15(14)16/h3-8,18H,9,17H2,1-2H3. The normalized spacial score (nSPS) is 11.4. The van der Waals surface area contributed by atoms with Crippen LogP contribution >= 0.6 is 15.9 Å². The third-order valence-corrected chi connectivity index (χ3v) is 5.70. The van der Waals surface area contributed by atoms with Crippen LogP contribution in [0.15, 0.2) is 45.8 Å². The zero-order chi connectivity index (χ0) is 15.6. The molecule has 112 valence electrons. The summed E-state index contributed by atoms with van der Waals surface area (Å²) in [5.41, 5.74) is 8.92. The van der Waals surface area contributed by atoms with Crippen molar-refractivity contribution in [3.05, 3.63) is 57.6 Å². The number of nitrogens with one attached hydrogen (secondary N) is 1. The van der Waals surface area contributed by atoms with Crippen LogP contribution in [0.5, 0.6) is 0 Å². The summed E-state index contributed by atoms with van der Waals surface area (Å²) >= 11 is 3.40. The van der Waals surface area contributed by atoms with Gasteiger partial charge in [0, 0.05) is 11.0 Å². The molecule has 4 nitrogen and oxygen atoms in total. The Morgan fingerprint density at radius 1 is 1.14 bits per heavy atom. The van der Waals surface area contributed by atoms with Gasteiger partial charge in [0.2, 0.25) is 0 Å². The summed E-state index contributed by atoms with van der Waals surface area (Å²) in [6.45, 7) is 4.12. The Hall–Kier alpha value is -1.37. The molecular formula is C15H17BrN2O2S. The van der Waals surface area contributed by atoms with Gasteiger partial charge in [0.05, 0.1) is 10.6 Å². The molecule has 0 saturated heterocycles. The molecule has 2 rings (SSSR count). The molecule has 0 aliphatic rings. The number of anilines is 1. The van der Waals surface area contributed by atoms with E-state index in [-0.39, 0.29) is 4.90 Å². The Labute approximate surface area is 133 Å². The first-order valence-corrected chi connectivity index (χ1v) is 8.70. The number of sulfonamides is 1. The highest BCUT2D eigenvalue weighted by Crippen LogP contribution is 2.28. The second-order valence-corrected chi connectivity index (χ2v) is 7.31. The van der Waals surface area contributed by atoms with Crippen molar-refractivity contribution in [3.8, 4) is 0 Å². The largest absolute Gasteiger partial charge is 0.326 e. The third-order valence-electron chi connectivity index (χ3n) is 3.29. The monoisotopic (exact) mass is 368 g/mol. The zero-order valence-corrected chi connectivity index (χ0v) is 14.3. The predicted molar refractivity (Wildman–Crippen MR) is 88.8 cm³/mol. The summed E-state index contributed by atoms with van der Waals surface area (Å²) in [7, 11) is -3.64. The summed E-state index contributed by atoms with van der Waals surface area (Å²) < 4.78 is 28.3. The summed E-state index contributed by atoms with van der Waals surface area (Å²) in [4.78, 5) is 0.210. The Bertz CT molecular complexity index is 773. The second kappa shape index (κ2) is 6.17. The summed E-state index contributed by atoms with van der Waals surface area (Å²) in [5.74, 6) is 0. The molecule has 0 spiro atoms. The highest BCUT2D eigenvalue weighted by Gasteiger charge is 2.17. The molecule has 0 aliphatic carbocycles. The lowest BCUT2D eigenvalue weighted by molar-refractivity contribution is 0.601. The van der Waals surface area contributed by atoms with E-state index in [1.165, 1.54) is 0 Å². The first kappa shape index (κ1) is 16.0. The number of hydrogen-bond acceptors (Lipinski definition) is 3. The highest BCUT2D eigenvalue weighted by molar-refractivity contribution is 9.10. The third kappa shape index (κ3) is 3.45. The molecule has 0 aliphatic heterocycles. The van der Waals surface area contributed by atoms with Crippen LogP contribution in [0.4, 0.5) is 5.69 Å². The molecule has 2 aromatic rings. The van der Waals surface area contributed by atoms with E-state index in [2.05, 4.69) is 20.7 Å². The summed E-state index contributed by atoms with van der Waals surface area (Å²) in [6, 6.07) is 10.4. The van der Waals surface area contributed by atoms with E-state index in [9.17, 15) is 8.42 Å². The Kier molecular flexibility index (Phi) is 4.70. The number of nitrogens with two attached hydrogens (primary N) is 1. The van der Waals surface area contributed by atoms with Crippen LogP contribution in [0.25, 0.3) is 0 Å². The molecule has 0 atom stereocenters. The van der Waals surface area contributed by atoms with Crippen LogP contribution in [0, 0.1) is 13.8 Å².